The first-order valence-corrected chi connectivity index (χ1v) is 14.2. The first-order chi connectivity index (χ1) is 18.3. The summed E-state index contributed by atoms with van der Waals surface area (Å²) in [6, 6.07) is 7.28. The second-order valence-corrected chi connectivity index (χ2v) is 12.1. The number of anilines is 1. The fourth-order valence-corrected chi connectivity index (χ4v) is 5.88. The van der Waals surface area contributed by atoms with E-state index in [1.807, 2.05) is 0 Å². The fraction of sp³-hybridized carbons (Fsp3) is 0.500. The molecule has 2 unspecified atom stereocenters. The summed E-state index contributed by atoms with van der Waals surface area (Å²) in [5, 5.41) is 13.7. The average molecular weight is 583 g/mol. The minimum Gasteiger partial charge on any atom is -0.462 e. The number of benzene rings is 1. The molecule has 3 heterocycles. The number of carbonyl (C=O) groups is 1. The lowest BCUT2D eigenvalue weighted by atomic mass is 10.0. The second-order valence-electron chi connectivity index (χ2n) is 9.64. The van der Waals surface area contributed by atoms with E-state index in [4.69, 9.17) is 35.9 Å². The van der Waals surface area contributed by atoms with E-state index in [2.05, 4.69) is 20.0 Å². The largest absolute Gasteiger partial charge is 0.462 e. The summed E-state index contributed by atoms with van der Waals surface area (Å²) >= 11 is 6.77. The van der Waals surface area contributed by atoms with Gasteiger partial charge >= 0.3 is 13.7 Å². The Balaban J connectivity index is 1.55. The SMILES string of the molecule is Cc1nc(N)c2ncn([C@@H]3O[C@H](COP(=O)(NC(C)C(=O)OC(C)C)Oc4ccccc4)[C@@H](O)[C@@]3(C)Cl)c2n1. The third kappa shape index (κ3) is 6.34. The van der Waals surface area contributed by atoms with E-state index in [0.717, 1.165) is 0 Å². The Bertz CT molecular complexity index is 1370. The minimum atomic E-state index is -4.19. The highest BCUT2D eigenvalue weighted by atomic mass is 35.5. The Morgan fingerprint density at radius 3 is 2.67 bits per heavy atom. The van der Waals surface area contributed by atoms with E-state index in [0.29, 0.717) is 17.0 Å². The Morgan fingerprint density at radius 1 is 1.31 bits per heavy atom. The second kappa shape index (κ2) is 11.4. The molecule has 15 heteroatoms. The van der Waals surface area contributed by atoms with Crippen LogP contribution in [0.3, 0.4) is 0 Å². The van der Waals surface area contributed by atoms with Crippen LogP contribution in [-0.4, -0.2) is 66.4 Å². The van der Waals surface area contributed by atoms with Gasteiger partial charge in [-0.15, -0.1) is 11.6 Å². The lowest BCUT2D eigenvalue weighted by Gasteiger charge is -2.26. The quantitative estimate of drug-likeness (QED) is 0.181. The van der Waals surface area contributed by atoms with Crippen LogP contribution >= 0.6 is 19.3 Å². The van der Waals surface area contributed by atoms with Gasteiger partial charge in [0, 0.05) is 0 Å². The first kappa shape index (κ1) is 29.2. The molecule has 0 amide bonds. The number of imidazole rings is 1. The number of aromatic nitrogens is 4. The maximum atomic E-state index is 13.8. The van der Waals surface area contributed by atoms with E-state index >= 15 is 0 Å². The molecule has 6 atom stereocenters. The highest BCUT2D eigenvalue weighted by Gasteiger charge is 2.54. The number of nitrogens with zero attached hydrogens (tertiary/aromatic N) is 4. The van der Waals surface area contributed by atoms with Gasteiger partial charge in [0.25, 0.3) is 0 Å². The summed E-state index contributed by atoms with van der Waals surface area (Å²) in [6.07, 6.45) is -2.17. The number of ether oxygens (including phenoxy) is 2. The number of alkyl halides is 1. The minimum absolute atomic E-state index is 0.196. The lowest BCUT2D eigenvalue weighted by molar-refractivity contribution is -0.149. The van der Waals surface area contributed by atoms with Crippen molar-refractivity contribution in [3.8, 4) is 5.75 Å². The number of rotatable bonds is 10. The molecule has 4 rings (SSSR count). The molecule has 1 aliphatic heterocycles. The van der Waals surface area contributed by atoms with E-state index in [-0.39, 0.29) is 17.7 Å². The number of nitrogen functional groups attached to an aromatic ring is 1. The summed E-state index contributed by atoms with van der Waals surface area (Å²) in [5.74, 6) is 0.218. The van der Waals surface area contributed by atoms with Gasteiger partial charge in [0.1, 0.15) is 40.2 Å². The zero-order chi connectivity index (χ0) is 28.5. The van der Waals surface area contributed by atoms with Gasteiger partial charge in [-0.2, -0.15) is 5.09 Å². The zero-order valence-corrected chi connectivity index (χ0v) is 23.8. The molecule has 13 nitrogen and oxygen atoms in total. The zero-order valence-electron chi connectivity index (χ0n) is 22.1. The normalized spacial score (nSPS) is 25.5. The number of carbonyl (C=O) groups excluding carboxylic acids is 1. The predicted molar refractivity (Wildman–Crippen MR) is 143 cm³/mol. The summed E-state index contributed by atoms with van der Waals surface area (Å²) in [5.41, 5.74) is 6.72. The molecular weight excluding hydrogens is 551 g/mol. The van der Waals surface area contributed by atoms with Crippen molar-refractivity contribution in [3.63, 3.8) is 0 Å². The number of hydrogen-bond donors (Lipinski definition) is 3. The average Bonchev–Trinajstić information content (AvgIpc) is 3.36. The number of fused-ring (bicyclic) bond motifs is 1. The molecule has 1 aromatic carbocycles. The fourth-order valence-electron chi connectivity index (χ4n) is 4.08. The molecular formula is C24H32ClN6O7P. The van der Waals surface area contributed by atoms with Crippen LogP contribution in [0.2, 0.25) is 0 Å². The van der Waals surface area contributed by atoms with E-state index in [1.165, 1.54) is 13.3 Å². The molecule has 2 aromatic heterocycles. The van der Waals surface area contributed by atoms with Crippen LogP contribution in [0.25, 0.3) is 11.2 Å². The number of halogens is 1. The number of nitrogens with one attached hydrogen (secondary N) is 1. The van der Waals surface area contributed by atoms with Gasteiger partial charge in [0.15, 0.2) is 17.7 Å². The number of esters is 1. The Kier molecular flexibility index (Phi) is 8.50. The Labute approximate surface area is 230 Å². The third-order valence-electron chi connectivity index (χ3n) is 5.96. The van der Waals surface area contributed by atoms with Gasteiger partial charge < -0.3 is 24.8 Å². The van der Waals surface area contributed by atoms with Gasteiger partial charge in [0.2, 0.25) is 0 Å². The lowest BCUT2D eigenvalue weighted by Crippen LogP contribution is -2.40. The molecule has 0 saturated carbocycles. The smallest absolute Gasteiger partial charge is 0.459 e. The van der Waals surface area contributed by atoms with E-state index < -0.39 is 49.7 Å². The summed E-state index contributed by atoms with van der Waals surface area (Å²) in [7, 11) is -4.19. The maximum absolute atomic E-state index is 13.8. The van der Waals surface area contributed by atoms with Crippen LogP contribution < -0.4 is 15.3 Å². The number of aryl methyl sites for hydroxylation is 1. The van der Waals surface area contributed by atoms with Gasteiger partial charge in [0.05, 0.1) is 19.0 Å². The number of nitrogens with two attached hydrogens (primary N) is 1. The molecule has 1 fully saturated rings. The number of aliphatic hydroxyl groups is 1. The summed E-state index contributed by atoms with van der Waals surface area (Å²) in [6.45, 7) is 7.75. The van der Waals surface area contributed by atoms with Gasteiger partial charge in [-0.25, -0.2) is 19.5 Å². The van der Waals surface area contributed by atoms with Gasteiger partial charge in [-0.1, -0.05) is 18.2 Å². The first-order valence-electron chi connectivity index (χ1n) is 12.3. The number of para-hydroxylation sites is 1. The van der Waals surface area contributed by atoms with Crippen LogP contribution in [0.5, 0.6) is 5.75 Å². The Hall–Kier alpha value is -2.80. The van der Waals surface area contributed by atoms with Crippen molar-refractivity contribution >= 4 is 42.3 Å². The van der Waals surface area contributed by atoms with Crippen molar-refractivity contribution in [2.75, 3.05) is 12.3 Å². The predicted octanol–water partition coefficient (Wildman–Crippen LogP) is 3.11. The van der Waals surface area contributed by atoms with Crippen LogP contribution in [0.15, 0.2) is 36.7 Å². The molecule has 1 aliphatic rings. The van der Waals surface area contributed by atoms with Crippen molar-refractivity contribution in [3.05, 3.63) is 42.5 Å². The highest BCUT2D eigenvalue weighted by molar-refractivity contribution is 7.52. The maximum Gasteiger partial charge on any atom is 0.459 e. The molecule has 4 N–H and O–H groups in total. The van der Waals surface area contributed by atoms with Crippen molar-refractivity contribution in [1.82, 2.24) is 24.6 Å². The molecule has 3 aromatic rings. The molecule has 212 valence electrons. The molecule has 0 bridgehead atoms. The van der Waals surface area contributed by atoms with Gasteiger partial charge in [-0.05, 0) is 46.8 Å². The molecule has 0 radical (unpaired) electrons. The van der Waals surface area contributed by atoms with Crippen molar-refractivity contribution < 1.29 is 33.0 Å². The molecule has 0 aliphatic carbocycles. The van der Waals surface area contributed by atoms with Crippen LogP contribution in [0, 0.1) is 6.92 Å². The molecule has 39 heavy (non-hydrogen) atoms. The van der Waals surface area contributed by atoms with Crippen LogP contribution in [0.1, 0.15) is 39.7 Å². The van der Waals surface area contributed by atoms with E-state index in [1.54, 1.807) is 62.6 Å². The van der Waals surface area contributed by atoms with E-state index in [9.17, 15) is 14.5 Å². The highest BCUT2D eigenvalue weighted by Crippen LogP contribution is 2.48. The monoisotopic (exact) mass is 582 g/mol. The Morgan fingerprint density at radius 2 is 2.00 bits per heavy atom. The number of hydrogen-bond acceptors (Lipinski definition) is 11. The topological polar surface area (TPSA) is 173 Å². The summed E-state index contributed by atoms with van der Waals surface area (Å²) < 4.78 is 38.0. The van der Waals surface area contributed by atoms with Crippen molar-refractivity contribution in [2.24, 2.45) is 0 Å². The molecule has 1 saturated heterocycles. The van der Waals surface area contributed by atoms with Gasteiger partial charge in [-0.3, -0.25) is 13.9 Å². The third-order valence-corrected chi connectivity index (χ3v) is 8.02. The number of aliphatic hydroxyl groups excluding tert-OH is 1. The van der Waals surface area contributed by atoms with Crippen molar-refractivity contribution in [1.29, 1.82) is 0 Å². The van der Waals surface area contributed by atoms with Crippen molar-refractivity contribution in [2.45, 2.75) is 70.1 Å². The molecule has 0 spiro atoms. The van der Waals surface area contributed by atoms with Crippen LogP contribution in [-0.2, 0) is 23.4 Å². The van der Waals surface area contributed by atoms with Crippen LogP contribution in [0.4, 0.5) is 5.82 Å². The standard InChI is InChI=1S/C24H32ClN6O7P/c1-13(2)36-22(33)14(3)30-39(34,38-16-9-7-6-8-10-16)35-11-17-19(32)24(5,25)23(37-17)31-12-27-18-20(26)28-15(4)29-21(18)31/h6-10,12-14,17,19,23,32H,11H2,1-5H3,(H,30,34)(H2,26,28,29)/t14?,17-,19-,23-,24-,39?/m1/s1. The summed E-state index contributed by atoms with van der Waals surface area (Å²) in [4.78, 5) is 23.8.